The van der Waals surface area contributed by atoms with Crippen molar-refractivity contribution in [1.29, 1.82) is 0 Å². The van der Waals surface area contributed by atoms with E-state index in [1.165, 1.54) is 0 Å². The lowest BCUT2D eigenvalue weighted by Gasteiger charge is -2.39. The van der Waals surface area contributed by atoms with E-state index in [4.69, 9.17) is 17.0 Å². The van der Waals surface area contributed by atoms with Crippen molar-refractivity contribution >= 4 is 51.5 Å². The van der Waals surface area contributed by atoms with E-state index in [0.717, 1.165) is 12.1 Å². The zero-order chi connectivity index (χ0) is 16.6. The zero-order valence-corrected chi connectivity index (χ0v) is 16.1. The molecule has 1 amide bonds. The lowest BCUT2D eigenvalue weighted by atomic mass is 10.1. The summed E-state index contributed by atoms with van der Waals surface area (Å²) in [5, 5.41) is 0.447. The quantitative estimate of drug-likeness (QED) is 0.202. The van der Waals surface area contributed by atoms with Crippen molar-refractivity contribution in [1.82, 2.24) is 4.48 Å². The van der Waals surface area contributed by atoms with E-state index in [1.807, 2.05) is 30.3 Å². The summed E-state index contributed by atoms with van der Waals surface area (Å²) in [4.78, 5) is 12.9. The summed E-state index contributed by atoms with van der Waals surface area (Å²) in [5.41, 5.74) is 0.961. The third-order valence-electron chi connectivity index (χ3n) is 3.86. The number of ether oxygens (including phenoxy) is 1. The summed E-state index contributed by atoms with van der Waals surface area (Å²) in [6.45, 7) is 8.56. The molecule has 0 heterocycles. The molecule has 0 bridgehead atoms. The molecular formula is C17H23INO2S+. The molecule has 22 heavy (non-hydrogen) atoms. The van der Waals surface area contributed by atoms with Crippen LogP contribution < -0.4 is 4.48 Å². The zero-order valence-electron chi connectivity index (χ0n) is 13.1. The highest BCUT2D eigenvalue weighted by molar-refractivity contribution is 14.1. The van der Waals surface area contributed by atoms with E-state index in [0.29, 0.717) is 22.6 Å². The lowest BCUT2D eigenvalue weighted by molar-refractivity contribution is -0.128. The van der Waals surface area contributed by atoms with Gasteiger partial charge in [0.15, 0.2) is 6.54 Å². The number of hydrogen-bond donors (Lipinski definition) is 0. The van der Waals surface area contributed by atoms with E-state index in [-0.39, 0.29) is 16.4 Å². The van der Waals surface area contributed by atoms with Crippen LogP contribution >= 0.6 is 34.8 Å². The molecule has 0 N–H and O–H groups in total. The molecule has 0 fully saturated rings. The van der Waals surface area contributed by atoms with E-state index in [9.17, 15) is 4.79 Å². The van der Waals surface area contributed by atoms with E-state index in [1.54, 1.807) is 6.08 Å². The molecule has 2 unspecified atom stereocenters. The number of thiocarbonyl (C=S) groups is 1. The predicted octanol–water partition coefficient (Wildman–Crippen LogP) is 4.28. The van der Waals surface area contributed by atoms with Gasteiger partial charge in [-0.2, -0.15) is 0 Å². The van der Waals surface area contributed by atoms with Gasteiger partial charge in [-0.1, -0.05) is 60.4 Å². The first kappa shape index (κ1) is 19.3. The SMILES string of the molecule is C=CCOC(=S)C[N+](C(=O)CI)(c1ccccc1)C(C)CC. The Balaban J connectivity index is 3.30. The lowest BCUT2D eigenvalue weighted by Crippen LogP contribution is -2.62. The van der Waals surface area contributed by atoms with Crippen LogP contribution in [-0.2, 0) is 9.53 Å². The molecule has 1 rings (SSSR count). The minimum absolute atomic E-state index is 0.120. The molecule has 3 nitrogen and oxygen atoms in total. The number of amides is 1. The van der Waals surface area contributed by atoms with Gasteiger partial charge < -0.3 is 4.74 Å². The fourth-order valence-corrected chi connectivity index (χ4v) is 3.37. The fraction of sp³-hybridized carbons (Fsp3) is 0.412. The molecular weight excluding hydrogens is 409 g/mol. The Kier molecular flexibility index (Phi) is 8.20. The average molecular weight is 432 g/mol. The molecule has 2 atom stereocenters. The van der Waals surface area contributed by atoms with Crippen LogP contribution in [0.5, 0.6) is 0 Å². The van der Waals surface area contributed by atoms with Crippen LogP contribution in [0.1, 0.15) is 20.3 Å². The Labute approximate surface area is 152 Å². The highest BCUT2D eigenvalue weighted by Gasteiger charge is 2.43. The second-order valence-electron chi connectivity index (χ2n) is 5.12. The summed E-state index contributed by atoms with van der Waals surface area (Å²) in [7, 11) is 0. The van der Waals surface area contributed by atoms with Gasteiger partial charge in [0.25, 0.3) is 0 Å². The topological polar surface area (TPSA) is 26.3 Å². The number of nitrogens with zero attached hydrogens (tertiary/aromatic N) is 1. The first-order valence-corrected chi connectivity index (χ1v) is 9.25. The van der Waals surface area contributed by atoms with Crippen molar-refractivity contribution in [2.24, 2.45) is 0 Å². The maximum absolute atomic E-state index is 12.9. The standard InChI is InChI=1S/C17H23INO2S/c1-4-11-21-17(22)13-19(14(3)5-2,16(20)12-18)15-9-7-6-8-10-15/h4,6-10,14H,1,5,11-13H2,2-3H3/q+1. The summed E-state index contributed by atoms with van der Waals surface area (Å²) >= 11 is 7.49. The Morgan fingerprint density at radius 3 is 2.59 bits per heavy atom. The van der Waals surface area contributed by atoms with Crippen molar-refractivity contribution in [3.8, 4) is 0 Å². The molecule has 0 saturated heterocycles. The van der Waals surface area contributed by atoms with Crippen molar-refractivity contribution in [2.45, 2.75) is 26.3 Å². The van der Waals surface area contributed by atoms with Crippen LogP contribution in [0, 0.1) is 0 Å². The van der Waals surface area contributed by atoms with Crippen LogP contribution in [0.3, 0.4) is 0 Å². The maximum atomic E-state index is 12.9. The molecule has 0 radical (unpaired) electrons. The second kappa shape index (κ2) is 9.37. The molecule has 0 aromatic heterocycles. The van der Waals surface area contributed by atoms with Crippen molar-refractivity contribution in [3.05, 3.63) is 43.0 Å². The number of carbonyl (C=O) groups excluding carboxylic acids is 1. The number of halogens is 1. The van der Waals surface area contributed by atoms with Gasteiger partial charge in [-0.05, 0) is 37.7 Å². The van der Waals surface area contributed by atoms with Gasteiger partial charge in [-0.15, -0.1) is 0 Å². The Morgan fingerprint density at radius 1 is 1.45 bits per heavy atom. The van der Waals surface area contributed by atoms with Crippen LogP contribution in [0.25, 0.3) is 0 Å². The van der Waals surface area contributed by atoms with Gasteiger partial charge in [-0.3, -0.25) is 0 Å². The molecule has 0 saturated carbocycles. The molecule has 0 aliphatic carbocycles. The molecule has 120 valence electrons. The number of benzene rings is 1. The van der Waals surface area contributed by atoms with Crippen LogP contribution in [0.4, 0.5) is 5.69 Å². The monoisotopic (exact) mass is 432 g/mol. The minimum atomic E-state index is 0.120. The van der Waals surface area contributed by atoms with Crippen molar-refractivity contribution < 1.29 is 9.53 Å². The van der Waals surface area contributed by atoms with Crippen molar-refractivity contribution in [2.75, 3.05) is 17.6 Å². The maximum Gasteiger partial charge on any atom is 0.329 e. The number of alkyl halides is 1. The van der Waals surface area contributed by atoms with Gasteiger partial charge in [0.2, 0.25) is 5.05 Å². The molecule has 0 aliphatic rings. The Hall–Kier alpha value is -0.790. The number of rotatable bonds is 8. The average Bonchev–Trinajstić information content (AvgIpc) is 2.57. The van der Waals surface area contributed by atoms with Gasteiger partial charge >= 0.3 is 5.91 Å². The van der Waals surface area contributed by atoms with Crippen LogP contribution in [-0.4, -0.2) is 34.6 Å². The van der Waals surface area contributed by atoms with E-state index >= 15 is 0 Å². The molecule has 0 spiro atoms. The van der Waals surface area contributed by atoms with Gasteiger partial charge in [0, 0.05) is 0 Å². The second-order valence-corrected chi connectivity index (χ2v) is 6.34. The van der Waals surface area contributed by atoms with Gasteiger partial charge in [0.1, 0.15) is 16.7 Å². The van der Waals surface area contributed by atoms with E-state index < -0.39 is 0 Å². The highest BCUT2D eigenvalue weighted by atomic mass is 127. The molecule has 1 aromatic carbocycles. The Bertz CT molecular complexity index is 521. The Morgan fingerprint density at radius 2 is 2.09 bits per heavy atom. The molecule has 0 aliphatic heterocycles. The number of carbonyl (C=O) groups is 1. The van der Waals surface area contributed by atoms with Crippen molar-refractivity contribution in [3.63, 3.8) is 0 Å². The van der Waals surface area contributed by atoms with Crippen LogP contribution in [0.15, 0.2) is 43.0 Å². The smallest absolute Gasteiger partial charge is 0.329 e. The first-order chi connectivity index (χ1) is 10.5. The fourth-order valence-electron chi connectivity index (χ4n) is 2.49. The van der Waals surface area contributed by atoms with E-state index in [2.05, 4.69) is 43.0 Å². The largest absolute Gasteiger partial charge is 0.478 e. The highest BCUT2D eigenvalue weighted by Crippen LogP contribution is 2.29. The molecule has 5 heteroatoms. The van der Waals surface area contributed by atoms with Crippen LogP contribution in [0.2, 0.25) is 0 Å². The first-order valence-electron chi connectivity index (χ1n) is 7.32. The normalized spacial score (nSPS) is 14.7. The molecule has 1 aromatic rings. The predicted molar refractivity (Wildman–Crippen MR) is 105 cm³/mol. The summed E-state index contributed by atoms with van der Waals surface area (Å²) in [6, 6.07) is 9.97. The van der Waals surface area contributed by atoms with Gasteiger partial charge in [-0.25, -0.2) is 9.28 Å². The third kappa shape index (κ3) is 4.36. The summed E-state index contributed by atoms with van der Waals surface area (Å²) < 4.78 is 6.14. The van der Waals surface area contributed by atoms with Gasteiger partial charge in [0.05, 0.1) is 6.04 Å². The minimum Gasteiger partial charge on any atom is -0.478 e. The third-order valence-corrected chi connectivity index (χ3v) is 4.76. The summed E-state index contributed by atoms with van der Waals surface area (Å²) in [6.07, 6.45) is 2.54. The number of para-hydroxylation sites is 1. The number of hydrogen-bond acceptors (Lipinski definition) is 3. The summed E-state index contributed by atoms with van der Waals surface area (Å²) in [5.74, 6) is 0.144. The number of quaternary nitrogens is 1.